The van der Waals surface area contributed by atoms with E-state index < -0.39 is 21.7 Å². The minimum Gasteiger partial charge on any atom is -0.447 e. The fourth-order valence-electron chi connectivity index (χ4n) is 3.92. The number of hydrogen-bond acceptors (Lipinski definition) is 5. The second kappa shape index (κ2) is 8.48. The van der Waals surface area contributed by atoms with Gasteiger partial charge in [-0.1, -0.05) is 39.3 Å². The van der Waals surface area contributed by atoms with Crippen LogP contribution in [0.5, 0.6) is 0 Å². The zero-order valence-electron chi connectivity index (χ0n) is 18.4. The summed E-state index contributed by atoms with van der Waals surface area (Å²) in [6.45, 7) is 9.49. The lowest BCUT2D eigenvalue weighted by atomic mass is 9.85. The second-order valence-electron chi connectivity index (χ2n) is 8.86. The van der Waals surface area contributed by atoms with Crippen LogP contribution in [-0.4, -0.2) is 19.6 Å². The first-order chi connectivity index (χ1) is 14.3. The van der Waals surface area contributed by atoms with Gasteiger partial charge >= 0.3 is 6.03 Å². The van der Waals surface area contributed by atoms with Gasteiger partial charge in [-0.2, -0.15) is 8.42 Å². The number of sulfonamides is 1. The third kappa shape index (κ3) is 4.91. The lowest BCUT2D eigenvalue weighted by Gasteiger charge is -2.26. The maximum atomic E-state index is 12.8. The minimum absolute atomic E-state index is 0.0575. The maximum Gasteiger partial charge on any atom is 0.333 e. The summed E-state index contributed by atoms with van der Waals surface area (Å²) in [4.78, 5) is 12.7. The third-order valence-electron chi connectivity index (χ3n) is 5.57. The van der Waals surface area contributed by atoms with E-state index in [1.54, 1.807) is 19.1 Å². The summed E-state index contributed by atoms with van der Waals surface area (Å²) in [5.41, 5.74) is 1.46. The number of benzene rings is 1. The van der Waals surface area contributed by atoms with Gasteiger partial charge in [0, 0.05) is 28.8 Å². The summed E-state index contributed by atoms with van der Waals surface area (Å²) in [6, 6.07) is 3.94. The Morgan fingerprint density at radius 1 is 1.16 bits per heavy atom. The molecule has 2 aromatic rings. The summed E-state index contributed by atoms with van der Waals surface area (Å²) >= 11 is 6.25. The fraction of sp³-hybridized carbons (Fsp3) is 0.500. The zero-order chi connectivity index (χ0) is 23.1. The summed E-state index contributed by atoms with van der Waals surface area (Å²) in [5.74, 6) is 0.545. The number of hydrogen-bond donors (Lipinski definition) is 3. The number of halogens is 1. The number of rotatable bonds is 5. The summed E-state index contributed by atoms with van der Waals surface area (Å²) in [7, 11) is -4.26. The molecule has 0 bridgehead atoms. The van der Waals surface area contributed by atoms with E-state index >= 15 is 0 Å². The van der Waals surface area contributed by atoms with Gasteiger partial charge in [-0.3, -0.25) is 0 Å². The Labute approximate surface area is 188 Å². The Kier molecular flexibility index (Phi) is 6.47. The third-order valence-corrected chi connectivity index (χ3v) is 6.98. The number of amides is 2. The van der Waals surface area contributed by atoms with Crippen LogP contribution in [0.2, 0.25) is 5.02 Å². The number of urea groups is 1. The number of carbonyl (C=O) groups is 1. The lowest BCUT2D eigenvalue weighted by Crippen LogP contribution is -2.35. The van der Waals surface area contributed by atoms with Gasteiger partial charge in [0.1, 0.15) is 5.76 Å². The second-order valence-corrected chi connectivity index (χ2v) is 10.9. The highest BCUT2D eigenvalue weighted by atomic mass is 35.5. The topological polar surface area (TPSA) is 109 Å². The van der Waals surface area contributed by atoms with Gasteiger partial charge in [-0.15, -0.1) is 0 Å². The van der Waals surface area contributed by atoms with Crippen LogP contribution >= 0.6 is 11.6 Å². The van der Waals surface area contributed by atoms with Gasteiger partial charge in [-0.25, -0.2) is 9.52 Å². The number of fused-ring (bicyclic) bond motifs is 1. The predicted octanol–water partition coefficient (Wildman–Crippen LogP) is 5.23. The molecule has 1 unspecified atom stereocenters. The molecule has 31 heavy (non-hydrogen) atoms. The van der Waals surface area contributed by atoms with Crippen molar-refractivity contribution in [3.05, 3.63) is 45.7 Å². The molecule has 0 aliphatic heterocycles. The van der Waals surface area contributed by atoms with Crippen molar-refractivity contribution in [2.24, 2.45) is 0 Å². The molecule has 170 valence electrons. The molecule has 1 aliphatic carbocycles. The highest BCUT2D eigenvalue weighted by Crippen LogP contribution is 2.38. The van der Waals surface area contributed by atoms with Gasteiger partial charge in [-0.05, 0) is 54.9 Å². The van der Waals surface area contributed by atoms with Gasteiger partial charge < -0.3 is 14.8 Å². The smallest absolute Gasteiger partial charge is 0.333 e. The van der Waals surface area contributed by atoms with Crippen molar-refractivity contribution in [3.8, 4) is 0 Å². The van der Waals surface area contributed by atoms with E-state index in [1.165, 1.54) is 6.07 Å². The van der Waals surface area contributed by atoms with Crippen LogP contribution in [0, 0.1) is 0 Å². The summed E-state index contributed by atoms with van der Waals surface area (Å²) in [5, 5.41) is 13.4. The van der Waals surface area contributed by atoms with Crippen LogP contribution in [0.25, 0.3) is 0 Å². The SMILES string of the molecule is CC(C)c1cc(Cl)cc(C(C)C)c1NC(=O)NS(=O)(=O)c1cc2c(o1)CCCC2(C)O. The van der Waals surface area contributed by atoms with Gasteiger partial charge in [0.05, 0.1) is 5.60 Å². The highest BCUT2D eigenvalue weighted by Gasteiger charge is 2.35. The molecule has 0 saturated carbocycles. The van der Waals surface area contributed by atoms with Gasteiger partial charge in [0.15, 0.2) is 0 Å². The van der Waals surface area contributed by atoms with Crippen molar-refractivity contribution < 1.29 is 22.7 Å². The first-order valence-electron chi connectivity index (χ1n) is 10.3. The van der Waals surface area contributed by atoms with Crippen LogP contribution in [0.4, 0.5) is 10.5 Å². The van der Waals surface area contributed by atoms with E-state index in [4.69, 9.17) is 16.0 Å². The van der Waals surface area contributed by atoms with Crippen molar-refractivity contribution in [2.75, 3.05) is 5.32 Å². The number of aliphatic hydroxyl groups is 1. The van der Waals surface area contributed by atoms with E-state index in [0.29, 0.717) is 41.3 Å². The molecule has 3 N–H and O–H groups in total. The molecule has 0 saturated heterocycles. The summed E-state index contributed by atoms with van der Waals surface area (Å²) < 4.78 is 33.1. The normalized spacial score (nSPS) is 18.9. The Morgan fingerprint density at radius 2 is 1.74 bits per heavy atom. The van der Waals surface area contributed by atoms with Gasteiger partial charge in [0.2, 0.25) is 5.09 Å². The predicted molar refractivity (Wildman–Crippen MR) is 120 cm³/mol. The van der Waals surface area contributed by atoms with Crippen molar-refractivity contribution in [1.82, 2.24) is 4.72 Å². The number of furan rings is 1. The highest BCUT2D eigenvalue weighted by molar-refractivity contribution is 7.89. The average Bonchev–Trinajstić information content (AvgIpc) is 3.08. The van der Waals surface area contributed by atoms with Crippen LogP contribution in [0.1, 0.15) is 81.7 Å². The summed E-state index contributed by atoms with van der Waals surface area (Å²) in [6.07, 6.45) is 1.74. The molecule has 1 aromatic carbocycles. The molecule has 1 aliphatic rings. The van der Waals surface area contributed by atoms with E-state index in [0.717, 1.165) is 11.1 Å². The molecular formula is C22H29ClN2O5S. The fourth-order valence-corrected chi connectivity index (χ4v) is 5.04. The van der Waals surface area contributed by atoms with E-state index in [-0.39, 0.29) is 16.9 Å². The molecule has 7 nitrogen and oxygen atoms in total. The average molecular weight is 469 g/mol. The van der Waals surface area contributed by atoms with Crippen molar-refractivity contribution in [2.45, 2.75) is 76.4 Å². The maximum absolute atomic E-state index is 12.8. The van der Waals surface area contributed by atoms with Crippen LogP contribution in [0.15, 0.2) is 27.7 Å². The number of carbonyl (C=O) groups excluding carboxylic acids is 1. The number of nitrogens with one attached hydrogen (secondary N) is 2. The Balaban J connectivity index is 1.89. The lowest BCUT2D eigenvalue weighted by molar-refractivity contribution is 0.0362. The molecular weight excluding hydrogens is 440 g/mol. The Morgan fingerprint density at radius 3 is 2.26 bits per heavy atom. The first-order valence-corrected chi connectivity index (χ1v) is 12.2. The van der Waals surface area contributed by atoms with E-state index in [9.17, 15) is 18.3 Å². The Hall–Kier alpha value is -2.03. The molecule has 1 heterocycles. The van der Waals surface area contributed by atoms with Crippen LogP contribution in [-0.2, 0) is 22.0 Å². The van der Waals surface area contributed by atoms with Crippen molar-refractivity contribution >= 4 is 33.3 Å². The molecule has 9 heteroatoms. The van der Waals surface area contributed by atoms with E-state index in [2.05, 4.69) is 5.32 Å². The zero-order valence-corrected chi connectivity index (χ0v) is 19.9. The molecule has 0 fully saturated rings. The van der Waals surface area contributed by atoms with Crippen molar-refractivity contribution in [3.63, 3.8) is 0 Å². The van der Waals surface area contributed by atoms with E-state index in [1.807, 2.05) is 32.4 Å². The quantitative estimate of drug-likeness (QED) is 0.556. The van der Waals surface area contributed by atoms with Gasteiger partial charge in [0.25, 0.3) is 10.0 Å². The molecule has 1 aromatic heterocycles. The molecule has 2 amide bonds. The first kappa shape index (κ1) is 23.6. The molecule has 3 rings (SSSR count). The molecule has 0 radical (unpaired) electrons. The number of aryl methyl sites for hydroxylation is 1. The van der Waals surface area contributed by atoms with Crippen LogP contribution in [0.3, 0.4) is 0 Å². The van der Waals surface area contributed by atoms with Crippen LogP contribution < -0.4 is 10.0 Å². The van der Waals surface area contributed by atoms with Crippen molar-refractivity contribution in [1.29, 1.82) is 0 Å². The monoisotopic (exact) mass is 468 g/mol. The molecule has 1 atom stereocenters. The molecule has 0 spiro atoms. The Bertz CT molecular complexity index is 1070. The minimum atomic E-state index is -4.26. The standard InChI is InChI=1S/C22H29ClN2O5S/c1-12(2)15-9-14(23)10-16(13(3)4)20(15)24-21(26)25-31(28,29)19-11-17-18(30-19)7-6-8-22(17,5)27/h9-13,27H,6-8H2,1-5H3,(H2,24,25,26). The number of anilines is 1. The largest absolute Gasteiger partial charge is 0.447 e.